The molecule has 1 atom stereocenters. The quantitative estimate of drug-likeness (QED) is 0.798. The summed E-state index contributed by atoms with van der Waals surface area (Å²) < 4.78 is 0. The van der Waals surface area contributed by atoms with E-state index in [1.807, 2.05) is 13.8 Å². The van der Waals surface area contributed by atoms with Crippen LogP contribution >= 0.6 is 0 Å². The van der Waals surface area contributed by atoms with Crippen LogP contribution in [0.2, 0.25) is 0 Å². The molecule has 1 saturated heterocycles. The first-order valence-corrected chi connectivity index (χ1v) is 6.34. The molecule has 3 heteroatoms. The van der Waals surface area contributed by atoms with E-state index < -0.39 is 5.60 Å². The van der Waals surface area contributed by atoms with Crippen LogP contribution in [-0.2, 0) is 4.79 Å². The van der Waals surface area contributed by atoms with Crippen molar-refractivity contribution in [3.05, 3.63) is 0 Å². The summed E-state index contributed by atoms with van der Waals surface area (Å²) in [7, 11) is 0. The molecule has 1 N–H and O–H groups in total. The lowest BCUT2D eigenvalue weighted by Gasteiger charge is -2.34. The lowest BCUT2D eigenvalue weighted by atomic mass is 10.0. The number of Topliss-reactive ketones (excluding diaryl/α,β-unsaturated/α-hetero) is 1. The molecule has 1 unspecified atom stereocenters. The van der Waals surface area contributed by atoms with Gasteiger partial charge in [-0.2, -0.15) is 0 Å². The Bertz CT molecular complexity index is 233. The van der Waals surface area contributed by atoms with Gasteiger partial charge in [0, 0.05) is 19.0 Å². The highest BCUT2D eigenvalue weighted by molar-refractivity contribution is 5.76. The van der Waals surface area contributed by atoms with Crippen molar-refractivity contribution >= 4 is 5.78 Å². The Balaban J connectivity index is 2.62. The highest BCUT2D eigenvalue weighted by atomic mass is 16.3. The fourth-order valence-electron chi connectivity index (χ4n) is 2.50. The second kappa shape index (κ2) is 5.78. The van der Waals surface area contributed by atoms with Gasteiger partial charge in [0.2, 0.25) is 0 Å². The van der Waals surface area contributed by atoms with Gasteiger partial charge in [-0.25, -0.2) is 0 Å². The highest BCUT2D eigenvalue weighted by Gasteiger charge is 2.26. The third kappa shape index (κ3) is 5.08. The number of ketones is 1. The second-order valence-corrected chi connectivity index (χ2v) is 5.69. The van der Waals surface area contributed by atoms with Crippen LogP contribution < -0.4 is 0 Å². The number of hydrogen-bond acceptors (Lipinski definition) is 3. The third-order valence-corrected chi connectivity index (χ3v) is 3.11. The van der Waals surface area contributed by atoms with Crippen molar-refractivity contribution in [2.45, 2.75) is 64.5 Å². The molecular weight excluding hydrogens is 202 g/mol. The minimum atomic E-state index is -0.667. The number of likely N-dealkylation sites (tertiary alicyclic amines) is 1. The van der Waals surface area contributed by atoms with Crippen LogP contribution in [0.5, 0.6) is 0 Å². The summed E-state index contributed by atoms with van der Waals surface area (Å²) in [5, 5.41) is 9.89. The fourth-order valence-corrected chi connectivity index (χ4v) is 2.50. The molecule has 3 nitrogen and oxygen atoms in total. The first-order valence-electron chi connectivity index (χ1n) is 6.34. The lowest BCUT2D eigenvalue weighted by molar-refractivity contribution is -0.118. The van der Waals surface area contributed by atoms with E-state index in [0.717, 1.165) is 13.0 Å². The average molecular weight is 227 g/mol. The summed E-state index contributed by atoms with van der Waals surface area (Å²) in [6.07, 6.45) is 5.37. The standard InChI is InChI=1S/C13H25NO2/c1-11(15)9-12-7-5-4-6-8-14(12)10-13(2,3)16/h12,16H,4-10H2,1-3H3. The molecule has 0 aromatic rings. The molecule has 0 spiro atoms. The number of aliphatic hydroxyl groups is 1. The molecule has 1 fully saturated rings. The SMILES string of the molecule is CC(=O)CC1CCCCCN1CC(C)(C)O. The monoisotopic (exact) mass is 227 g/mol. The smallest absolute Gasteiger partial charge is 0.131 e. The molecule has 1 rings (SSSR count). The van der Waals surface area contributed by atoms with E-state index in [1.54, 1.807) is 6.92 Å². The van der Waals surface area contributed by atoms with E-state index >= 15 is 0 Å². The van der Waals surface area contributed by atoms with Crippen LogP contribution in [0.1, 0.15) is 52.9 Å². The van der Waals surface area contributed by atoms with E-state index in [2.05, 4.69) is 4.90 Å². The van der Waals surface area contributed by atoms with E-state index in [1.165, 1.54) is 19.3 Å². The van der Waals surface area contributed by atoms with Crippen LogP contribution in [-0.4, -0.2) is 40.5 Å². The summed E-state index contributed by atoms with van der Waals surface area (Å²) >= 11 is 0. The third-order valence-electron chi connectivity index (χ3n) is 3.11. The van der Waals surface area contributed by atoms with Gasteiger partial charge in [0.15, 0.2) is 0 Å². The average Bonchev–Trinajstić information content (AvgIpc) is 2.28. The molecule has 0 amide bonds. The Morgan fingerprint density at radius 3 is 2.62 bits per heavy atom. The summed E-state index contributed by atoms with van der Waals surface area (Å²) in [6, 6.07) is 0.339. The molecule has 1 aliphatic rings. The second-order valence-electron chi connectivity index (χ2n) is 5.69. The van der Waals surface area contributed by atoms with Gasteiger partial charge in [-0.3, -0.25) is 9.69 Å². The Kier molecular flexibility index (Phi) is 4.93. The van der Waals surface area contributed by atoms with Crippen LogP contribution in [0.4, 0.5) is 0 Å². The van der Waals surface area contributed by atoms with Crippen molar-refractivity contribution in [1.82, 2.24) is 4.90 Å². The zero-order valence-corrected chi connectivity index (χ0v) is 10.8. The molecule has 1 heterocycles. The van der Waals surface area contributed by atoms with Gasteiger partial charge in [0.05, 0.1) is 5.60 Å². The summed E-state index contributed by atoms with van der Waals surface area (Å²) in [5.74, 6) is 0.257. The number of β-amino-alcohol motifs (C(OH)–C–C–N with tert-alkyl or cyclic N) is 1. The van der Waals surface area contributed by atoms with E-state index in [0.29, 0.717) is 19.0 Å². The van der Waals surface area contributed by atoms with Gasteiger partial charge in [-0.05, 0) is 40.2 Å². The molecule has 0 aromatic carbocycles. The normalized spacial score (nSPS) is 24.1. The molecule has 94 valence electrons. The van der Waals surface area contributed by atoms with Crippen molar-refractivity contribution < 1.29 is 9.90 Å². The van der Waals surface area contributed by atoms with Gasteiger partial charge < -0.3 is 5.11 Å². The van der Waals surface area contributed by atoms with E-state index in [9.17, 15) is 9.90 Å². The summed E-state index contributed by atoms with van der Waals surface area (Å²) in [4.78, 5) is 13.5. The molecule has 1 aliphatic heterocycles. The minimum absolute atomic E-state index is 0.257. The number of carbonyl (C=O) groups is 1. The lowest BCUT2D eigenvalue weighted by Crippen LogP contribution is -2.44. The van der Waals surface area contributed by atoms with E-state index in [4.69, 9.17) is 0 Å². The van der Waals surface area contributed by atoms with E-state index in [-0.39, 0.29) is 5.78 Å². The maximum absolute atomic E-state index is 11.2. The molecule has 16 heavy (non-hydrogen) atoms. The number of carbonyl (C=O) groups excluding carboxylic acids is 1. The van der Waals surface area contributed by atoms with Crippen LogP contribution in [0.3, 0.4) is 0 Å². The molecule has 0 saturated carbocycles. The van der Waals surface area contributed by atoms with Crippen molar-refractivity contribution in [1.29, 1.82) is 0 Å². The zero-order valence-electron chi connectivity index (χ0n) is 10.8. The van der Waals surface area contributed by atoms with Gasteiger partial charge >= 0.3 is 0 Å². The Labute approximate surface area is 98.8 Å². The fraction of sp³-hybridized carbons (Fsp3) is 0.923. The molecule has 0 radical (unpaired) electrons. The van der Waals surface area contributed by atoms with Gasteiger partial charge in [-0.15, -0.1) is 0 Å². The molecule has 0 bridgehead atoms. The topological polar surface area (TPSA) is 40.5 Å². The number of rotatable bonds is 4. The van der Waals surface area contributed by atoms with Gasteiger partial charge in [-0.1, -0.05) is 12.8 Å². The van der Waals surface area contributed by atoms with Crippen molar-refractivity contribution in [2.75, 3.05) is 13.1 Å². The molecular formula is C13H25NO2. The Morgan fingerprint density at radius 2 is 2.06 bits per heavy atom. The minimum Gasteiger partial charge on any atom is -0.389 e. The largest absolute Gasteiger partial charge is 0.389 e. The number of hydrogen-bond donors (Lipinski definition) is 1. The van der Waals surface area contributed by atoms with Crippen molar-refractivity contribution in [2.24, 2.45) is 0 Å². The maximum atomic E-state index is 11.2. The predicted octanol–water partition coefficient (Wildman–Crippen LogP) is 1.98. The molecule has 0 aromatic heterocycles. The van der Waals surface area contributed by atoms with Gasteiger partial charge in [0.1, 0.15) is 5.78 Å². The number of nitrogens with zero attached hydrogens (tertiary/aromatic N) is 1. The first kappa shape index (κ1) is 13.7. The summed E-state index contributed by atoms with van der Waals surface area (Å²) in [5.41, 5.74) is -0.667. The predicted molar refractivity (Wildman–Crippen MR) is 65.4 cm³/mol. The first-order chi connectivity index (χ1) is 7.38. The summed E-state index contributed by atoms with van der Waals surface area (Å²) in [6.45, 7) is 7.02. The van der Waals surface area contributed by atoms with Crippen LogP contribution in [0.25, 0.3) is 0 Å². The zero-order chi connectivity index (χ0) is 12.2. The van der Waals surface area contributed by atoms with Crippen LogP contribution in [0, 0.1) is 0 Å². The molecule has 0 aliphatic carbocycles. The highest BCUT2D eigenvalue weighted by Crippen LogP contribution is 2.21. The van der Waals surface area contributed by atoms with Gasteiger partial charge in [0.25, 0.3) is 0 Å². The maximum Gasteiger partial charge on any atom is 0.131 e. The van der Waals surface area contributed by atoms with Crippen LogP contribution in [0.15, 0.2) is 0 Å². The Hall–Kier alpha value is -0.410. The Morgan fingerprint density at radius 1 is 1.38 bits per heavy atom. The van der Waals surface area contributed by atoms with Crippen molar-refractivity contribution in [3.63, 3.8) is 0 Å². The van der Waals surface area contributed by atoms with Crippen molar-refractivity contribution in [3.8, 4) is 0 Å².